The minimum Gasteiger partial charge on any atom is -0.497 e. The minimum atomic E-state index is -0.888. The number of likely N-dealkylation sites (tertiary alicyclic amines) is 1. The predicted molar refractivity (Wildman–Crippen MR) is 188 cm³/mol. The average molecular weight is 733 g/mol. The van der Waals surface area contributed by atoms with Crippen LogP contribution in [0.2, 0.25) is 10.2 Å². The van der Waals surface area contributed by atoms with Crippen LogP contribution >= 0.6 is 23.2 Å². The van der Waals surface area contributed by atoms with Gasteiger partial charge in [-0.1, -0.05) is 35.3 Å². The summed E-state index contributed by atoms with van der Waals surface area (Å²) in [7, 11) is 2.86. The first-order valence-corrected chi connectivity index (χ1v) is 16.3. The van der Waals surface area contributed by atoms with Gasteiger partial charge in [-0.15, -0.1) is 5.10 Å². The number of methoxy groups -OCH3 is 2. The van der Waals surface area contributed by atoms with Gasteiger partial charge in [-0.2, -0.15) is 4.68 Å². The molecule has 3 N–H and O–H groups in total. The Bertz CT molecular complexity index is 2030. The fourth-order valence-corrected chi connectivity index (χ4v) is 5.64. The third kappa shape index (κ3) is 8.63. The number of hydrogen-bond acceptors (Lipinski definition) is 10. The van der Waals surface area contributed by atoms with E-state index in [4.69, 9.17) is 32.7 Å². The number of tetrazole rings is 1. The van der Waals surface area contributed by atoms with Crippen LogP contribution in [0.15, 0.2) is 79.1 Å². The van der Waals surface area contributed by atoms with E-state index in [1.165, 1.54) is 24.2 Å². The number of aromatic amines is 1. The van der Waals surface area contributed by atoms with E-state index in [9.17, 15) is 14.4 Å². The van der Waals surface area contributed by atoms with Gasteiger partial charge in [0.1, 0.15) is 40.6 Å². The number of nitrogens with one attached hydrogen (secondary N) is 3. The lowest BCUT2D eigenvalue weighted by molar-refractivity contribution is -0.140. The number of anilines is 1. The highest BCUT2D eigenvalue weighted by Crippen LogP contribution is 2.30. The number of nitrogens with zero attached hydrogens (tertiary/aromatic N) is 6. The van der Waals surface area contributed by atoms with Crippen LogP contribution in [-0.4, -0.2) is 86.4 Å². The molecule has 5 aromatic rings. The van der Waals surface area contributed by atoms with Gasteiger partial charge in [-0.05, 0) is 71.1 Å². The van der Waals surface area contributed by atoms with Crippen LogP contribution in [0.25, 0.3) is 23.0 Å². The number of halogens is 2. The van der Waals surface area contributed by atoms with Gasteiger partial charge in [0.25, 0.3) is 0 Å². The lowest BCUT2D eigenvalue weighted by Gasteiger charge is -2.39. The van der Waals surface area contributed by atoms with Crippen molar-refractivity contribution in [1.82, 2.24) is 40.4 Å². The Labute approximate surface area is 301 Å². The molecule has 1 aliphatic heterocycles. The van der Waals surface area contributed by atoms with E-state index in [0.717, 1.165) is 0 Å². The zero-order valence-electron chi connectivity index (χ0n) is 27.2. The Morgan fingerprint density at radius 3 is 2.45 bits per heavy atom. The second-order valence-corrected chi connectivity index (χ2v) is 12.1. The number of rotatable bonds is 12. The summed E-state index contributed by atoms with van der Waals surface area (Å²) in [6, 6.07) is 18.2. The van der Waals surface area contributed by atoms with Crippen molar-refractivity contribution >= 4 is 52.9 Å². The molecule has 262 valence electrons. The molecule has 3 heterocycles. The quantitative estimate of drug-likeness (QED) is 0.146. The monoisotopic (exact) mass is 731 g/mol. The second-order valence-electron chi connectivity index (χ2n) is 11.2. The summed E-state index contributed by atoms with van der Waals surface area (Å²) in [6.07, 6.45) is 3.39. The van der Waals surface area contributed by atoms with Crippen molar-refractivity contribution in [3.63, 3.8) is 0 Å². The first kappa shape index (κ1) is 34.9. The fraction of sp³-hybridized carbons (Fsp3) is 0.206. The summed E-state index contributed by atoms with van der Waals surface area (Å²) in [5.74, 6) is 0.921. The molecule has 1 saturated heterocycles. The van der Waals surface area contributed by atoms with Crippen molar-refractivity contribution < 1.29 is 28.6 Å². The third-order valence-electron chi connectivity index (χ3n) is 7.86. The molecule has 0 aliphatic carbocycles. The first-order chi connectivity index (χ1) is 24.7. The topological polar surface area (TPSA) is 178 Å². The summed E-state index contributed by atoms with van der Waals surface area (Å²) in [6.45, 7) is 0.743. The van der Waals surface area contributed by atoms with E-state index in [1.807, 2.05) is 0 Å². The van der Waals surface area contributed by atoms with Crippen molar-refractivity contribution in [2.45, 2.75) is 18.6 Å². The molecule has 3 aromatic carbocycles. The Morgan fingerprint density at radius 2 is 1.76 bits per heavy atom. The predicted octanol–water partition coefficient (Wildman–Crippen LogP) is 5.10. The lowest BCUT2D eigenvalue weighted by Crippen LogP contribution is -2.56. The maximum absolute atomic E-state index is 13.5. The summed E-state index contributed by atoms with van der Waals surface area (Å²) in [5, 5.41) is 17.4. The molecule has 2 aromatic heterocycles. The SMILES string of the molecule is COC(=O)Nc1ccc(-c2nc([C@H](CC(=O)N3CC(Oc4ccc(OC)cc4)C3)NC(=O)C=Cc3cc(Cl)ccc3-n3cnnn3)[nH]c2Cl)cc1. The molecular weight excluding hydrogens is 701 g/mol. The molecular formula is C34H31Cl2N9O6. The number of hydrogen-bond donors (Lipinski definition) is 3. The van der Waals surface area contributed by atoms with Crippen molar-refractivity contribution in [3.8, 4) is 28.4 Å². The van der Waals surface area contributed by atoms with Crippen molar-refractivity contribution in [2.75, 3.05) is 32.6 Å². The molecule has 0 bridgehead atoms. The highest BCUT2D eigenvalue weighted by Gasteiger charge is 2.34. The highest BCUT2D eigenvalue weighted by atomic mass is 35.5. The number of imidazole rings is 1. The summed E-state index contributed by atoms with van der Waals surface area (Å²) < 4.78 is 17.3. The van der Waals surface area contributed by atoms with Crippen LogP contribution < -0.4 is 20.1 Å². The van der Waals surface area contributed by atoms with Gasteiger partial charge in [0.2, 0.25) is 11.8 Å². The number of H-pyrrole nitrogens is 1. The first-order valence-electron chi connectivity index (χ1n) is 15.5. The smallest absolute Gasteiger partial charge is 0.411 e. The molecule has 0 unspecified atom stereocenters. The number of aromatic nitrogens is 6. The van der Waals surface area contributed by atoms with Crippen LogP contribution in [0.3, 0.4) is 0 Å². The normalized spacial score (nSPS) is 13.4. The molecule has 6 rings (SSSR count). The number of amides is 3. The molecule has 15 nitrogen and oxygen atoms in total. The molecule has 1 aliphatic rings. The van der Waals surface area contributed by atoms with Crippen LogP contribution in [0.4, 0.5) is 10.5 Å². The maximum atomic E-state index is 13.5. The Hall–Kier alpha value is -5.93. The molecule has 1 atom stereocenters. The van der Waals surface area contributed by atoms with Crippen molar-refractivity contribution in [2.24, 2.45) is 0 Å². The minimum absolute atomic E-state index is 0.118. The number of ether oxygens (including phenoxy) is 3. The van der Waals surface area contributed by atoms with Crippen molar-refractivity contribution in [3.05, 3.63) is 101 Å². The lowest BCUT2D eigenvalue weighted by atomic mass is 10.1. The maximum Gasteiger partial charge on any atom is 0.411 e. The van der Waals surface area contributed by atoms with Gasteiger partial charge in [0.05, 0.1) is 45.5 Å². The molecule has 51 heavy (non-hydrogen) atoms. The van der Waals surface area contributed by atoms with Crippen LogP contribution in [-0.2, 0) is 14.3 Å². The van der Waals surface area contributed by atoms with E-state index in [-0.39, 0.29) is 29.4 Å². The molecule has 0 spiro atoms. The van der Waals surface area contributed by atoms with Gasteiger partial charge >= 0.3 is 6.09 Å². The average Bonchev–Trinajstić information content (AvgIpc) is 3.79. The van der Waals surface area contributed by atoms with Gasteiger partial charge in [-0.3, -0.25) is 14.9 Å². The zero-order valence-corrected chi connectivity index (χ0v) is 28.8. The van der Waals surface area contributed by atoms with Gasteiger partial charge < -0.3 is 29.4 Å². The Kier molecular flexibility index (Phi) is 10.8. The van der Waals surface area contributed by atoms with Gasteiger partial charge in [0.15, 0.2) is 0 Å². The second kappa shape index (κ2) is 15.7. The van der Waals surface area contributed by atoms with Crippen LogP contribution in [0.5, 0.6) is 11.5 Å². The van der Waals surface area contributed by atoms with Crippen LogP contribution in [0.1, 0.15) is 23.9 Å². The summed E-state index contributed by atoms with van der Waals surface area (Å²) in [4.78, 5) is 47.8. The third-order valence-corrected chi connectivity index (χ3v) is 8.36. The zero-order chi connectivity index (χ0) is 35.9. The number of carbonyl (C=O) groups is 3. The molecule has 1 fully saturated rings. The highest BCUT2D eigenvalue weighted by molar-refractivity contribution is 6.32. The van der Waals surface area contributed by atoms with Crippen molar-refractivity contribution in [1.29, 1.82) is 0 Å². The molecule has 3 amide bonds. The summed E-state index contributed by atoms with van der Waals surface area (Å²) >= 11 is 12.8. The Balaban J connectivity index is 1.19. The number of benzene rings is 3. The molecule has 0 saturated carbocycles. The van der Waals surface area contributed by atoms with E-state index in [0.29, 0.717) is 57.8 Å². The fourth-order valence-electron chi connectivity index (χ4n) is 5.21. The van der Waals surface area contributed by atoms with Crippen LogP contribution in [0, 0.1) is 0 Å². The standard InChI is InChI=1S/C34H31Cl2N9O6/c1-49-24-9-11-25(12-10-24)51-26-17-44(18-26)30(47)16-27(33-40-31(32(36)41-33)20-3-7-23(8-4-20)38-34(48)50-2)39-29(46)14-5-21-15-22(35)6-13-28(21)45-19-37-42-43-45/h3-15,19,26-27H,16-18H2,1-2H3,(H,38,48)(H,39,46)(H,40,41)/t27-/m0/s1. The van der Waals surface area contributed by atoms with E-state index >= 15 is 0 Å². The van der Waals surface area contributed by atoms with E-state index < -0.39 is 18.0 Å². The van der Waals surface area contributed by atoms with Gasteiger partial charge in [-0.25, -0.2) is 9.78 Å². The van der Waals surface area contributed by atoms with E-state index in [2.05, 4.69) is 40.9 Å². The largest absolute Gasteiger partial charge is 0.497 e. The number of carbonyl (C=O) groups excluding carboxylic acids is 3. The molecule has 17 heteroatoms. The van der Waals surface area contributed by atoms with E-state index in [1.54, 1.807) is 84.8 Å². The Morgan fingerprint density at radius 1 is 1.02 bits per heavy atom. The summed E-state index contributed by atoms with van der Waals surface area (Å²) in [5.41, 5.74) is 2.70. The molecule has 0 radical (unpaired) electrons. The van der Waals surface area contributed by atoms with Gasteiger partial charge in [0, 0.05) is 27.9 Å².